The summed E-state index contributed by atoms with van der Waals surface area (Å²) < 4.78 is 6.71. The van der Waals surface area contributed by atoms with Gasteiger partial charge in [-0.15, -0.1) is 0 Å². The molecule has 0 saturated carbocycles. The van der Waals surface area contributed by atoms with E-state index in [-0.39, 0.29) is 18.0 Å². The lowest BCUT2D eigenvalue weighted by Crippen LogP contribution is -2.36. The van der Waals surface area contributed by atoms with E-state index in [0.717, 1.165) is 12.8 Å². The van der Waals surface area contributed by atoms with E-state index in [1.165, 1.54) is 4.68 Å². The normalized spacial score (nSPS) is 25.7. The number of ether oxygens (including phenoxy) is 1. The summed E-state index contributed by atoms with van der Waals surface area (Å²) in [5, 5.41) is 3.92. The summed E-state index contributed by atoms with van der Waals surface area (Å²) in [7, 11) is 0. The molecule has 2 atom stereocenters. The fourth-order valence-electron chi connectivity index (χ4n) is 1.65. The van der Waals surface area contributed by atoms with Crippen molar-refractivity contribution in [2.24, 2.45) is 0 Å². The molecule has 0 aliphatic carbocycles. The minimum absolute atomic E-state index is 0.135. The van der Waals surface area contributed by atoms with Crippen LogP contribution >= 0.6 is 0 Å². The van der Waals surface area contributed by atoms with Gasteiger partial charge in [0.15, 0.2) is 6.23 Å². The van der Waals surface area contributed by atoms with Crippen molar-refractivity contribution in [1.29, 1.82) is 0 Å². The van der Waals surface area contributed by atoms with Gasteiger partial charge in [-0.3, -0.25) is 9.78 Å². The third-order valence-electron chi connectivity index (χ3n) is 2.50. The van der Waals surface area contributed by atoms with Gasteiger partial charge in [0.25, 0.3) is 5.56 Å². The van der Waals surface area contributed by atoms with Gasteiger partial charge in [-0.05, 0) is 26.7 Å². The zero-order valence-corrected chi connectivity index (χ0v) is 8.69. The lowest BCUT2D eigenvalue weighted by molar-refractivity contribution is -0.00133. The Bertz CT molecular complexity index is 476. The molecule has 6 nitrogen and oxygen atoms in total. The summed E-state index contributed by atoms with van der Waals surface area (Å²) in [5.74, 6) is 0. The lowest BCUT2D eigenvalue weighted by atomic mass is 10.2. The fraction of sp³-hybridized carbons (Fsp3) is 0.667. The largest absolute Gasteiger partial charge is 0.353 e. The van der Waals surface area contributed by atoms with Gasteiger partial charge in [0.05, 0.1) is 6.10 Å². The summed E-state index contributed by atoms with van der Waals surface area (Å²) >= 11 is 0. The van der Waals surface area contributed by atoms with Gasteiger partial charge in [-0.1, -0.05) is 0 Å². The predicted molar refractivity (Wildman–Crippen MR) is 52.7 cm³/mol. The quantitative estimate of drug-likeness (QED) is 0.705. The van der Waals surface area contributed by atoms with Crippen molar-refractivity contribution in [3.63, 3.8) is 0 Å². The first-order valence-electron chi connectivity index (χ1n) is 4.93. The molecule has 0 spiro atoms. The van der Waals surface area contributed by atoms with Gasteiger partial charge in [-0.2, -0.15) is 9.78 Å². The first kappa shape index (κ1) is 10.1. The van der Waals surface area contributed by atoms with Crippen molar-refractivity contribution >= 4 is 0 Å². The smallest absolute Gasteiger partial charge is 0.347 e. The topological polar surface area (TPSA) is 77.0 Å². The number of hydrogen-bond donors (Lipinski definition) is 1. The lowest BCUT2D eigenvalue weighted by Gasteiger charge is -2.12. The average molecular weight is 211 g/mol. The molecule has 0 aromatic carbocycles. The number of rotatable bonds is 1. The molecule has 1 saturated heterocycles. The molecule has 0 bridgehead atoms. The van der Waals surface area contributed by atoms with Crippen LogP contribution in [0.15, 0.2) is 9.59 Å². The van der Waals surface area contributed by atoms with E-state index < -0.39 is 11.2 Å². The van der Waals surface area contributed by atoms with Crippen molar-refractivity contribution in [1.82, 2.24) is 14.8 Å². The summed E-state index contributed by atoms with van der Waals surface area (Å²) in [6, 6.07) is 0. The van der Waals surface area contributed by atoms with Crippen LogP contribution in [-0.4, -0.2) is 20.9 Å². The zero-order valence-electron chi connectivity index (χ0n) is 8.69. The van der Waals surface area contributed by atoms with Gasteiger partial charge < -0.3 is 4.74 Å². The fourth-order valence-corrected chi connectivity index (χ4v) is 1.65. The van der Waals surface area contributed by atoms with E-state index in [1.807, 2.05) is 6.92 Å². The molecule has 0 amide bonds. The number of aromatic nitrogens is 3. The van der Waals surface area contributed by atoms with Crippen LogP contribution in [-0.2, 0) is 4.74 Å². The van der Waals surface area contributed by atoms with Gasteiger partial charge in [0.1, 0.15) is 5.69 Å². The Balaban J connectivity index is 2.41. The van der Waals surface area contributed by atoms with Gasteiger partial charge in [0.2, 0.25) is 0 Å². The second-order valence-corrected chi connectivity index (χ2v) is 3.77. The number of aromatic amines is 1. The molecule has 0 radical (unpaired) electrons. The van der Waals surface area contributed by atoms with Gasteiger partial charge in [-0.25, -0.2) is 4.79 Å². The predicted octanol–water partition coefficient (Wildman–Crippen LogP) is -0.0625. The van der Waals surface area contributed by atoms with Crippen LogP contribution in [0.25, 0.3) is 0 Å². The van der Waals surface area contributed by atoms with Crippen molar-refractivity contribution in [3.8, 4) is 0 Å². The molecule has 1 aliphatic heterocycles. The van der Waals surface area contributed by atoms with Crippen molar-refractivity contribution < 1.29 is 4.74 Å². The maximum Gasteiger partial charge on any atom is 0.347 e. The Morgan fingerprint density at radius 1 is 1.47 bits per heavy atom. The summed E-state index contributed by atoms with van der Waals surface area (Å²) in [6.07, 6.45) is 1.44. The highest BCUT2D eigenvalue weighted by Gasteiger charge is 2.25. The minimum Gasteiger partial charge on any atom is -0.353 e. The van der Waals surface area contributed by atoms with Crippen LogP contribution in [0.1, 0.15) is 31.7 Å². The second kappa shape index (κ2) is 3.62. The molecule has 1 aromatic rings. The third kappa shape index (κ3) is 1.85. The molecular weight excluding hydrogens is 198 g/mol. The van der Waals surface area contributed by atoms with Crippen molar-refractivity contribution in [3.05, 3.63) is 26.5 Å². The Morgan fingerprint density at radius 3 is 2.80 bits per heavy atom. The Morgan fingerprint density at radius 2 is 2.20 bits per heavy atom. The van der Waals surface area contributed by atoms with Crippen LogP contribution in [0.2, 0.25) is 0 Å². The summed E-state index contributed by atoms with van der Waals surface area (Å²) in [6.45, 7) is 3.51. The highest BCUT2D eigenvalue weighted by atomic mass is 16.5. The van der Waals surface area contributed by atoms with E-state index in [9.17, 15) is 9.59 Å². The summed E-state index contributed by atoms with van der Waals surface area (Å²) in [5.41, 5.74) is -0.676. The number of aryl methyl sites for hydroxylation is 1. The number of hydrogen-bond acceptors (Lipinski definition) is 4. The summed E-state index contributed by atoms with van der Waals surface area (Å²) in [4.78, 5) is 24.8. The van der Waals surface area contributed by atoms with Crippen LogP contribution in [0.4, 0.5) is 0 Å². The Labute approximate surface area is 85.9 Å². The van der Waals surface area contributed by atoms with E-state index in [2.05, 4.69) is 10.1 Å². The van der Waals surface area contributed by atoms with Crippen molar-refractivity contribution in [2.45, 2.75) is 39.0 Å². The molecule has 15 heavy (non-hydrogen) atoms. The number of nitrogens with zero attached hydrogens (tertiary/aromatic N) is 2. The molecule has 6 heteroatoms. The van der Waals surface area contributed by atoms with E-state index in [0.29, 0.717) is 0 Å². The highest BCUT2D eigenvalue weighted by molar-refractivity contribution is 4.88. The number of nitrogens with one attached hydrogen (secondary N) is 1. The second-order valence-electron chi connectivity index (χ2n) is 3.77. The standard InChI is InChI=1S/C9H13N3O3/c1-5-3-4-7(15-5)12-9(14)10-8(13)6(2)11-12/h5,7H,3-4H2,1-2H3,(H,10,13,14)/t5-,7-/m1/s1. The molecule has 2 heterocycles. The maximum absolute atomic E-state index is 11.5. The first-order valence-corrected chi connectivity index (χ1v) is 4.93. The molecule has 1 aliphatic rings. The molecule has 1 aromatic heterocycles. The minimum atomic E-state index is -0.510. The molecule has 1 fully saturated rings. The van der Waals surface area contributed by atoms with Crippen LogP contribution < -0.4 is 11.2 Å². The van der Waals surface area contributed by atoms with E-state index >= 15 is 0 Å². The monoisotopic (exact) mass is 211 g/mol. The van der Waals surface area contributed by atoms with Crippen LogP contribution in [0, 0.1) is 6.92 Å². The highest BCUT2D eigenvalue weighted by Crippen LogP contribution is 2.25. The van der Waals surface area contributed by atoms with E-state index in [4.69, 9.17) is 4.74 Å². The first-order chi connectivity index (χ1) is 7.08. The van der Waals surface area contributed by atoms with Gasteiger partial charge in [0, 0.05) is 0 Å². The zero-order chi connectivity index (χ0) is 11.0. The Hall–Kier alpha value is -1.43. The van der Waals surface area contributed by atoms with Crippen LogP contribution in [0.3, 0.4) is 0 Å². The molecule has 0 unspecified atom stereocenters. The molecule has 82 valence electrons. The molecule has 1 N–H and O–H groups in total. The molecular formula is C9H13N3O3. The maximum atomic E-state index is 11.5. The third-order valence-corrected chi connectivity index (χ3v) is 2.50. The van der Waals surface area contributed by atoms with Gasteiger partial charge >= 0.3 is 5.69 Å². The van der Waals surface area contributed by atoms with E-state index in [1.54, 1.807) is 6.92 Å². The SMILES string of the molecule is Cc1nn([C@H]2CC[C@@H](C)O2)c(=O)[nH]c1=O. The molecule has 2 rings (SSSR count). The average Bonchev–Trinajstić information content (AvgIpc) is 2.58. The van der Waals surface area contributed by atoms with Crippen molar-refractivity contribution in [2.75, 3.05) is 0 Å². The van der Waals surface area contributed by atoms with Crippen LogP contribution in [0.5, 0.6) is 0 Å². The Kier molecular flexibility index (Phi) is 2.44. The number of H-pyrrole nitrogens is 1.